The van der Waals surface area contributed by atoms with Gasteiger partial charge in [0.05, 0.1) is 22.5 Å². The highest BCUT2D eigenvalue weighted by Gasteiger charge is 2.27. The second-order valence-corrected chi connectivity index (χ2v) is 12.4. The number of pyridine rings is 1. The first kappa shape index (κ1) is 33.6. The fraction of sp³-hybridized carbons (Fsp3) is 0.324. The average molecular weight is 649 g/mol. The average Bonchev–Trinajstić information content (AvgIpc) is 3.49. The summed E-state index contributed by atoms with van der Waals surface area (Å²) in [5.41, 5.74) is 4.88. The van der Waals surface area contributed by atoms with Crippen molar-refractivity contribution < 1.29 is 19.5 Å². The molecule has 236 valence electrons. The van der Waals surface area contributed by atoms with Crippen molar-refractivity contribution in [2.45, 2.75) is 59.9 Å². The second kappa shape index (κ2) is 14.7. The zero-order valence-corrected chi connectivity index (χ0v) is 27.5. The first-order valence-electron chi connectivity index (χ1n) is 14.8. The van der Waals surface area contributed by atoms with Crippen molar-refractivity contribution >= 4 is 40.7 Å². The number of carboxylic acids is 1. The Balaban J connectivity index is 1.98. The molecule has 1 atom stereocenters. The van der Waals surface area contributed by atoms with Gasteiger partial charge in [-0.1, -0.05) is 69.6 Å². The first-order valence-corrected chi connectivity index (χ1v) is 16.1. The number of hydrogen-bond donors (Lipinski definition) is 3. The van der Waals surface area contributed by atoms with Crippen molar-refractivity contribution in [1.29, 1.82) is 0 Å². The van der Waals surface area contributed by atoms with E-state index in [-0.39, 0.29) is 29.1 Å². The molecule has 0 saturated heterocycles. The summed E-state index contributed by atoms with van der Waals surface area (Å²) in [7, 11) is 0. The molecule has 0 saturated carbocycles. The number of benzene rings is 2. The quantitative estimate of drug-likeness (QED) is 0.175. The van der Waals surface area contributed by atoms with Crippen LogP contribution in [0.3, 0.4) is 0 Å². The molecule has 0 radical (unpaired) electrons. The maximum Gasteiger partial charge on any atom is 0.328 e. The van der Waals surface area contributed by atoms with Crippen molar-refractivity contribution in [3.05, 3.63) is 91.7 Å². The number of carbonyl (C=O) groups is 3. The number of amides is 2. The number of nitrogens with one attached hydrogen (secondary N) is 2. The highest BCUT2D eigenvalue weighted by atomic mass is 35.5. The molecule has 4 rings (SSSR count). The van der Waals surface area contributed by atoms with E-state index in [1.807, 2.05) is 63.4 Å². The summed E-state index contributed by atoms with van der Waals surface area (Å²) >= 11 is 7.37. The van der Waals surface area contributed by atoms with Crippen LogP contribution in [0.1, 0.15) is 61.8 Å². The lowest BCUT2D eigenvalue weighted by Gasteiger charge is -2.24. The third-order valence-electron chi connectivity index (χ3n) is 7.35. The van der Waals surface area contributed by atoms with Gasteiger partial charge in [0, 0.05) is 35.1 Å². The van der Waals surface area contributed by atoms with Crippen LogP contribution in [0.4, 0.5) is 0 Å². The molecule has 0 unspecified atom stereocenters. The smallest absolute Gasteiger partial charge is 0.328 e. The van der Waals surface area contributed by atoms with Gasteiger partial charge in [-0.15, -0.1) is 11.3 Å². The fourth-order valence-electron chi connectivity index (χ4n) is 5.22. The van der Waals surface area contributed by atoms with Crippen LogP contribution in [0.5, 0.6) is 0 Å². The van der Waals surface area contributed by atoms with Gasteiger partial charge < -0.3 is 15.7 Å². The van der Waals surface area contributed by atoms with Gasteiger partial charge in [-0.25, -0.2) is 9.78 Å². The summed E-state index contributed by atoms with van der Waals surface area (Å²) in [5, 5.41) is 17.5. The number of rotatable bonds is 12. The lowest BCUT2D eigenvalue weighted by Crippen LogP contribution is -2.48. The molecule has 0 spiro atoms. The predicted octanol–water partition coefficient (Wildman–Crippen LogP) is 5.92. The highest BCUT2D eigenvalue weighted by molar-refractivity contribution is 7.13. The number of aryl methyl sites for hydroxylation is 2. The number of aromatic nitrogens is 2. The molecule has 11 heteroatoms. The van der Waals surface area contributed by atoms with Crippen molar-refractivity contribution in [1.82, 2.24) is 20.2 Å². The van der Waals surface area contributed by atoms with Gasteiger partial charge in [-0.05, 0) is 54.5 Å². The topological polar surface area (TPSA) is 130 Å². The number of hydrogen-bond acceptors (Lipinski definition) is 6. The first-order chi connectivity index (χ1) is 21.4. The van der Waals surface area contributed by atoms with Crippen molar-refractivity contribution in [3.63, 3.8) is 0 Å². The van der Waals surface area contributed by atoms with Gasteiger partial charge >= 0.3 is 5.97 Å². The lowest BCUT2D eigenvalue weighted by molar-refractivity contribution is -0.141. The van der Waals surface area contributed by atoms with E-state index in [1.165, 1.54) is 18.3 Å². The van der Waals surface area contributed by atoms with Gasteiger partial charge in [-0.2, -0.15) is 0 Å². The molecular weight excluding hydrogens is 612 g/mol. The number of aliphatic carboxylic acids is 1. The van der Waals surface area contributed by atoms with Crippen molar-refractivity contribution in [3.8, 4) is 27.5 Å². The van der Waals surface area contributed by atoms with E-state index in [0.29, 0.717) is 40.7 Å². The Morgan fingerprint density at radius 3 is 2.24 bits per heavy atom. The van der Waals surface area contributed by atoms with Crippen LogP contribution in [0.15, 0.2) is 58.7 Å². The van der Waals surface area contributed by atoms with E-state index in [2.05, 4.69) is 10.6 Å². The summed E-state index contributed by atoms with van der Waals surface area (Å²) in [6.07, 6.45) is 1.73. The Morgan fingerprint density at radius 2 is 1.69 bits per heavy atom. The van der Waals surface area contributed by atoms with Crippen LogP contribution in [0.25, 0.3) is 27.5 Å². The fourth-order valence-corrected chi connectivity index (χ4v) is 6.18. The zero-order chi connectivity index (χ0) is 32.8. The number of halogens is 1. The SMILES string of the molecule is CCc1cccc(CC)c1-n1c(CC(C)C)c(C(=O)NC[C@H](NC(C)=O)C(=O)O)cc(-c2nc(-c3ccc(Cl)cc3)cs2)c1=O. The Kier molecular flexibility index (Phi) is 11.0. The van der Waals surface area contributed by atoms with E-state index in [9.17, 15) is 24.3 Å². The molecule has 0 aliphatic heterocycles. The zero-order valence-electron chi connectivity index (χ0n) is 25.9. The third kappa shape index (κ3) is 7.69. The summed E-state index contributed by atoms with van der Waals surface area (Å²) in [5.74, 6) is -2.29. The van der Waals surface area contributed by atoms with Gasteiger partial charge in [0.15, 0.2) is 0 Å². The number of para-hydroxylation sites is 1. The number of carboxylic acid groups (broad SMARTS) is 1. The second-order valence-electron chi connectivity index (χ2n) is 11.1. The summed E-state index contributed by atoms with van der Waals surface area (Å²) in [6.45, 7) is 8.93. The normalized spacial score (nSPS) is 11.8. The van der Waals surface area contributed by atoms with Crippen LogP contribution in [-0.2, 0) is 28.9 Å². The minimum absolute atomic E-state index is 0.0782. The van der Waals surface area contributed by atoms with Crippen LogP contribution in [0, 0.1) is 5.92 Å². The minimum Gasteiger partial charge on any atom is -0.480 e. The molecule has 2 amide bonds. The molecule has 0 fully saturated rings. The van der Waals surface area contributed by atoms with Gasteiger partial charge in [0.2, 0.25) is 5.91 Å². The van der Waals surface area contributed by atoms with Crippen LogP contribution in [-0.4, -0.2) is 45.0 Å². The van der Waals surface area contributed by atoms with Crippen LogP contribution >= 0.6 is 22.9 Å². The Labute approximate surface area is 271 Å². The molecule has 4 aromatic rings. The van der Waals surface area contributed by atoms with E-state index < -0.39 is 23.8 Å². The Morgan fingerprint density at radius 1 is 1.04 bits per heavy atom. The molecule has 3 N–H and O–H groups in total. The van der Waals surface area contributed by atoms with Gasteiger partial charge in [-0.3, -0.25) is 19.0 Å². The Bertz CT molecular complexity index is 1760. The predicted molar refractivity (Wildman–Crippen MR) is 178 cm³/mol. The maximum atomic E-state index is 14.6. The highest BCUT2D eigenvalue weighted by Crippen LogP contribution is 2.31. The number of carbonyl (C=O) groups excluding carboxylic acids is 2. The summed E-state index contributed by atoms with van der Waals surface area (Å²) in [6, 6.07) is 13.4. The van der Waals surface area contributed by atoms with E-state index >= 15 is 0 Å². The molecule has 2 aromatic heterocycles. The molecule has 2 heterocycles. The van der Waals surface area contributed by atoms with Crippen LogP contribution < -0.4 is 16.2 Å². The molecule has 2 aromatic carbocycles. The maximum absolute atomic E-state index is 14.6. The molecule has 0 bridgehead atoms. The van der Waals surface area contributed by atoms with E-state index in [1.54, 1.807) is 22.8 Å². The standard InChI is InChI=1S/C34H37ClN4O5S/c1-6-21-9-8-10-22(7-2)30(21)39-29(15-19(3)4)25(31(41)36-17-27(34(43)44)37-20(5)40)16-26(33(39)42)32-38-28(18-45-32)23-11-13-24(35)14-12-23/h8-14,16,18-19,27H,6-7,15,17H2,1-5H3,(H,36,41)(H,37,40)(H,43,44)/t27-/m0/s1. The molecule has 45 heavy (non-hydrogen) atoms. The minimum atomic E-state index is -1.32. The van der Waals surface area contributed by atoms with Crippen molar-refractivity contribution in [2.24, 2.45) is 5.92 Å². The molecular formula is C34H37ClN4O5S. The summed E-state index contributed by atoms with van der Waals surface area (Å²) < 4.78 is 1.66. The number of thiazole rings is 1. The largest absolute Gasteiger partial charge is 0.480 e. The lowest BCUT2D eigenvalue weighted by atomic mass is 9.97. The van der Waals surface area contributed by atoms with Gasteiger partial charge in [0.25, 0.3) is 11.5 Å². The van der Waals surface area contributed by atoms with E-state index in [0.717, 1.165) is 22.4 Å². The van der Waals surface area contributed by atoms with E-state index in [4.69, 9.17) is 16.6 Å². The number of nitrogens with zero attached hydrogens (tertiary/aromatic N) is 2. The summed E-state index contributed by atoms with van der Waals surface area (Å²) in [4.78, 5) is 56.7. The monoisotopic (exact) mass is 648 g/mol. The molecule has 0 aliphatic carbocycles. The van der Waals surface area contributed by atoms with Crippen LogP contribution in [0.2, 0.25) is 5.02 Å². The molecule has 0 aliphatic rings. The third-order valence-corrected chi connectivity index (χ3v) is 8.48. The Hall–Kier alpha value is -4.28. The van der Waals surface area contributed by atoms with Crippen molar-refractivity contribution in [2.75, 3.05) is 6.54 Å². The van der Waals surface area contributed by atoms with Gasteiger partial charge in [0.1, 0.15) is 11.0 Å². The molecule has 9 nitrogen and oxygen atoms in total.